The van der Waals surface area contributed by atoms with Crippen LogP contribution < -0.4 is 16.8 Å². The molecule has 1 atom stereocenters. The Hall–Kier alpha value is -3.16. The number of hydrogen-bond donors (Lipinski definition) is 3. The van der Waals surface area contributed by atoms with Crippen LogP contribution in [0.2, 0.25) is 0 Å². The first-order valence-corrected chi connectivity index (χ1v) is 8.97. The third-order valence-corrected chi connectivity index (χ3v) is 4.45. The lowest BCUT2D eigenvalue weighted by molar-refractivity contribution is -0.121. The Morgan fingerprint density at radius 3 is 2.56 bits per heavy atom. The molecule has 2 heterocycles. The summed E-state index contributed by atoms with van der Waals surface area (Å²) in [6.45, 7) is 4.56. The second-order valence-corrected chi connectivity index (χ2v) is 6.93. The number of nitrogens with two attached hydrogens (primary N) is 2. The van der Waals surface area contributed by atoms with E-state index in [1.165, 1.54) is 0 Å². The standard InChI is InChI=1S/C19H24N6O2/c1-11(2)22-16-10-14(23-19(21)24-16)12-5-7-13(8-6-12)18(27)25-9-3-4-15(25)17(20)26/h5-8,10-11,15H,3-4,9H2,1-2H3,(H2,20,26)(H3,21,22,23,24)/t15-/m0/s1. The van der Waals surface area contributed by atoms with Gasteiger partial charge in [-0.2, -0.15) is 4.98 Å². The van der Waals surface area contributed by atoms with E-state index in [1.807, 2.05) is 32.0 Å². The predicted octanol–water partition coefficient (Wildman–Crippen LogP) is 1.64. The van der Waals surface area contributed by atoms with Crippen molar-refractivity contribution in [2.45, 2.75) is 38.8 Å². The van der Waals surface area contributed by atoms with Crippen molar-refractivity contribution in [3.63, 3.8) is 0 Å². The van der Waals surface area contributed by atoms with E-state index in [4.69, 9.17) is 11.5 Å². The van der Waals surface area contributed by atoms with Gasteiger partial charge >= 0.3 is 0 Å². The van der Waals surface area contributed by atoms with Crippen LogP contribution in [0.25, 0.3) is 11.3 Å². The number of nitrogens with zero attached hydrogens (tertiary/aromatic N) is 3. The van der Waals surface area contributed by atoms with Crippen molar-refractivity contribution in [3.05, 3.63) is 35.9 Å². The molecule has 2 aromatic rings. The molecule has 0 aliphatic carbocycles. The number of carbonyl (C=O) groups is 2. The van der Waals surface area contributed by atoms with Crippen molar-refractivity contribution in [1.29, 1.82) is 0 Å². The van der Waals surface area contributed by atoms with Gasteiger partial charge in [-0.15, -0.1) is 0 Å². The lowest BCUT2D eigenvalue weighted by atomic mass is 10.1. The van der Waals surface area contributed by atoms with E-state index in [9.17, 15) is 9.59 Å². The third kappa shape index (κ3) is 4.16. The first kappa shape index (κ1) is 18.6. The number of likely N-dealkylation sites (tertiary alicyclic amines) is 1. The number of primary amides is 1. The van der Waals surface area contributed by atoms with E-state index in [1.54, 1.807) is 17.0 Å². The van der Waals surface area contributed by atoms with Crippen molar-refractivity contribution in [2.24, 2.45) is 5.73 Å². The molecule has 0 saturated carbocycles. The number of benzene rings is 1. The van der Waals surface area contributed by atoms with Crippen molar-refractivity contribution < 1.29 is 9.59 Å². The van der Waals surface area contributed by atoms with E-state index < -0.39 is 11.9 Å². The summed E-state index contributed by atoms with van der Waals surface area (Å²) in [6.07, 6.45) is 1.40. The summed E-state index contributed by atoms with van der Waals surface area (Å²) in [7, 11) is 0. The fraction of sp³-hybridized carbons (Fsp3) is 0.368. The summed E-state index contributed by atoms with van der Waals surface area (Å²) >= 11 is 0. The van der Waals surface area contributed by atoms with Crippen LogP contribution in [0, 0.1) is 0 Å². The maximum Gasteiger partial charge on any atom is 0.254 e. The molecular weight excluding hydrogens is 344 g/mol. The Bertz CT molecular complexity index is 850. The summed E-state index contributed by atoms with van der Waals surface area (Å²) in [5.41, 5.74) is 13.2. The molecule has 0 unspecified atom stereocenters. The number of aromatic nitrogens is 2. The largest absolute Gasteiger partial charge is 0.368 e. The van der Waals surface area contributed by atoms with Crippen molar-refractivity contribution >= 4 is 23.6 Å². The number of carbonyl (C=O) groups excluding carboxylic acids is 2. The maximum atomic E-state index is 12.7. The quantitative estimate of drug-likeness (QED) is 0.736. The minimum absolute atomic E-state index is 0.178. The number of anilines is 2. The first-order valence-electron chi connectivity index (χ1n) is 8.97. The van der Waals surface area contributed by atoms with Crippen molar-refractivity contribution in [3.8, 4) is 11.3 Å². The number of nitrogens with one attached hydrogen (secondary N) is 1. The van der Waals surface area contributed by atoms with Gasteiger partial charge in [0.25, 0.3) is 5.91 Å². The lowest BCUT2D eigenvalue weighted by Crippen LogP contribution is -2.43. The van der Waals surface area contributed by atoms with Crippen LogP contribution in [0.4, 0.5) is 11.8 Å². The van der Waals surface area contributed by atoms with Gasteiger partial charge in [0.2, 0.25) is 11.9 Å². The summed E-state index contributed by atoms with van der Waals surface area (Å²) in [5, 5.41) is 3.20. The summed E-state index contributed by atoms with van der Waals surface area (Å²) < 4.78 is 0. The summed E-state index contributed by atoms with van der Waals surface area (Å²) in [6, 6.07) is 8.57. The van der Waals surface area contributed by atoms with Crippen LogP contribution in [-0.2, 0) is 4.79 Å². The fourth-order valence-electron chi connectivity index (χ4n) is 3.24. The maximum absolute atomic E-state index is 12.7. The molecule has 27 heavy (non-hydrogen) atoms. The molecule has 1 aromatic heterocycles. The number of hydrogen-bond acceptors (Lipinski definition) is 6. The normalized spacial score (nSPS) is 16.6. The lowest BCUT2D eigenvalue weighted by Gasteiger charge is -2.22. The zero-order chi connectivity index (χ0) is 19.6. The van der Waals surface area contributed by atoms with Gasteiger partial charge in [-0.05, 0) is 38.8 Å². The van der Waals surface area contributed by atoms with Gasteiger partial charge in [-0.3, -0.25) is 9.59 Å². The Morgan fingerprint density at radius 2 is 1.93 bits per heavy atom. The molecular formula is C19H24N6O2. The minimum Gasteiger partial charge on any atom is -0.368 e. The van der Waals surface area contributed by atoms with Gasteiger partial charge in [0.15, 0.2) is 0 Å². The van der Waals surface area contributed by atoms with E-state index in [-0.39, 0.29) is 17.9 Å². The minimum atomic E-state index is -0.525. The first-order chi connectivity index (χ1) is 12.8. The molecule has 1 aliphatic heterocycles. The van der Waals surface area contributed by atoms with Crippen LogP contribution in [0.3, 0.4) is 0 Å². The Labute approximate surface area is 158 Å². The smallest absolute Gasteiger partial charge is 0.254 e. The van der Waals surface area contributed by atoms with Crippen LogP contribution in [0.5, 0.6) is 0 Å². The number of amides is 2. The second-order valence-electron chi connectivity index (χ2n) is 6.93. The average Bonchev–Trinajstić information content (AvgIpc) is 3.10. The van der Waals surface area contributed by atoms with Crippen LogP contribution in [-0.4, -0.2) is 45.3 Å². The topological polar surface area (TPSA) is 127 Å². The second kappa shape index (κ2) is 7.61. The highest BCUT2D eigenvalue weighted by molar-refractivity contribution is 5.98. The zero-order valence-corrected chi connectivity index (χ0v) is 15.5. The summed E-state index contributed by atoms with van der Waals surface area (Å²) in [5.74, 6) is 0.178. The van der Waals surface area contributed by atoms with Gasteiger partial charge < -0.3 is 21.7 Å². The van der Waals surface area contributed by atoms with Crippen molar-refractivity contribution in [1.82, 2.24) is 14.9 Å². The molecule has 1 aromatic carbocycles. The predicted molar refractivity (Wildman–Crippen MR) is 104 cm³/mol. The third-order valence-electron chi connectivity index (χ3n) is 4.45. The highest BCUT2D eigenvalue weighted by Gasteiger charge is 2.33. The Balaban J connectivity index is 1.82. The molecule has 142 valence electrons. The van der Waals surface area contributed by atoms with E-state index in [0.717, 1.165) is 12.0 Å². The molecule has 8 heteroatoms. The van der Waals surface area contributed by atoms with Gasteiger partial charge in [-0.25, -0.2) is 4.98 Å². The highest BCUT2D eigenvalue weighted by atomic mass is 16.2. The molecule has 0 bridgehead atoms. The van der Waals surface area contributed by atoms with Crippen molar-refractivity contribution in [2.75, 3.05) is 17.6 Å². The van der Waals surface area contributed by atoms with E-state index in [0.29, 0.717) is 30.0 Å². The molecule has 8 nitrogen and oxygen atoms in total. The summed E-state index contributed by atoms with van der Waals surface area (Å²) in [4.78, 5) is 34.2. The Kier molecular flexibility index (Phi) is 5.25. The molecule has 3 rings (SSSR count). The van der Waals surface area contributed by atoms with Gasteiger partial charge in [0.05, 0.1) is 5.69 Å². The fourth-order valence-corrected chi connectivity index (χ4v) is 3.24. The van der Waals surface area contributed by atoms with Gasteiger partial charge in [0.1, 0.15) is 11.9 Å². The zero-order valence-electron chi connectivity index (χ0n) is 15.5. The molecule has 1 aliphatic rings. The molecule has 2 amide bonds. The average molecular weight is 368 g/mol. The molecule has 0 spiro atoms. The Morgan fingerprint density at radius 1 is 1.22 bits per heavy atom. The molecule has 1 saturated heterocycles. The highest BCUT2D eigenvalue weighted by Crippen LogP contribution is 2.24. The number of rotatable bonds is 5. The van der Waals surface area contributed by atoms with Crippen LogP contribution >= 0.6 is 0 Å². The van der Waals surface area contributed by atoms with Crippen LogP contribution in [0.1, 0.15) is 37.0 Å². The molecule has 0 radical (unpaired) electrons. The van der Waals surface area contributed by atoms with Crippen LogP contribution in [0.15, 0.2) is 30.3 Å². The number of nitrogen functional groups attached to an aromatic ring is 1. The SMILES string of the molecule is CC(C)Nc1cc(-c2ccc(C(=O)N3CCC[C@H]3C(N)=O)cc2)nc(N)n1. The molecule has 5 N–H and O–H groups in total. The van der Waals surface area contributed by atoms with E-state index in [2.05, 4.69) is 15.3 Å². The van der Waals surface area contributed by atoms with E-state index >= 15 is 0 Å². The van der Waals surface area contributed by atoms with Gasteiger partial charge in [0, 0.05) is 29.8 Å². The van der Waals surface area contributed by atoms with Gasteiger partial charge in [-0.1, -0.05) is 12.1 Å². The molecule has 1 fully saturated rings. The monoisotopic (exact) mass is 368 g/mol.